The molecule has 12 heavy (non-hydrogen) atoms. The molecule has 0 aliphatic carbocycles. The molecular formula is C6H9N3O2S. The van der Waals surface area contributed by atoms with Gasteiger partial charge in [-0.1, -0.05) is 11.3 Å². The van der Waals surface area contributed by atoms with Crippen molar-refractivity contribution < 1.29 is 9.53 Å². The number of rotatable bonds is 3. The van der Waals surface area contributed by atoms with Crippen LogP contribution in [0.5, 0.6) is 0 Å². The normalized spacial score (nSPS) is 9.83. The smallest absolute Gasteiger partial charge is 0.312 e. The minimum atomic E-state index is -0.310. The highest BCUT2D eigenvalue weighted by Gasteiger charge is 2.07. The average molecular weight is 187 g/mol. The van der Waals surface area contributed by atoms with E-state index in [0.717, 1.165) is 5.01 Å². The largest absolute Gasteiger partial charge is 0.469 e. The number of carbonyl (C=O) groups is 1. The van der Waals surface area contributed by atoms with Gasteiger partial charge in [0.1, 0.15) is 10.0 Å². The molecule has 0 saturated carbocycles. The second-order valence-electron chi connectivity index (χ2n) is 2.05. The van der Waals surface area contributed by atoms with Gasteiger partial charge in [0.25, 0.3) is 0 Å². The van der Waals surface area contributed by atoms with E-state index in [0.29, 0.717) is 11.6 Å². The Hall–Kier alpha value is -1.01. The van der Waals surface area contributed by atoms with E-state index >= 15 is 0 Å². The molecule has 0 radical (unpaired) electrons. The van der Waals surface area contributed by atoms with Gasteiger partial charge in [0.15, 0.2) is 0 Å². The van der Waals surface area contributed by atoms with Gasteiger partial charge in [0.2, 0.25) is 0 Å². The van der Waals surface area contributed by atoms with E-state index in [1.54, 1.807) is 0 Å². The topological polar surface area (TPSA) is 78.1 Å². The minimum Gasteiger partial charge on any atom is -0.469 e. The average Bonchev–Trinajstić information content (AvgIpc) is 2.52. The minimum absolute atomic E-state index is 0.175. The van der Waals surface area contributed by atoms with Gasteiger partial charge < -0.3 is 10.5 Å². The first-order valence-corrected chi connectivity index (χ1v) is 4.16. The highest BCUT2D eigenvalue weighted by atomic mass is 32.1. The van der Waals surface area contributed by atoms with Crippen molar-refractivity contribution in [2.24, 2.45) is 5.73 Å². The molecule has 0 aliphatic rings. The lowest BCUT2D eigenvalue weighted by atomic mass is 10.5. The molecule has 0 amide bonds. The number of methoxy groups -OCH3 is 1. The van der Waals surface area contributed by atoms with E-state index < -0.39 is 0 Å². The third-order valence-electron chi connectivity index (χ3n) is 1.21. The Bertz CT molecular complexity index is 274. The summed E-state index contributed by atoms with van der Waals surface area (Å²) < 4.78 is 4.47. The van der Waals surface area contributed by atoms with Gasteiger partial charge in [-0.3, -0.25) is 4.79 Å². The quantitative estimate of drug-likeness (QED) is 0.658. The summed E-state index contributed by atoms with van der Waals surface area (Å²) in [5, 5.41) is 8.89. The summed E-state index contributed by atoms with van der Waals surface area (Å²) in [6.45, 7) is 0.360. The van der Waals surface area contributed by atoms with E-state index in [4.69, 9.17) is 5.73 Å². The van der Waals surface area contributed by atoms with Crippen LogP contribution in [-0.2, 0) is 22.5 Å². The van der Waals surface area contributed by atoms with Crippen molar-refractivity contribution in [2.45, 2.75) is 13.0 Å². The summed E-state index contributed by atoms with van der Waals surface area (Å²) in [7, 11) is 1.34. The first-order chi connectivity index (χ1) is 5.76. The van der Waals surface area contributed by atoms with Crippen LogP contribution in [0, 0.1) is 0 Å². The molecule has 66 valence electrons. The summed E-state index contributed by atoms with van der Waals surface area (Å²) in [4.78, 5) is 10.8. The number of esters is 1. The van der Waals surface area contributed by atoms with Crippen molar-refractivity contribution in [1.82, 2.24) is 10.2 Å². The molecule has 1 aromatic rings. The molecule has 0 bridgehead atoms. The third kappa shape index (κ3) is 2.24. The maximum Gasteiger partial charge on any atom is 0.312 e. The van der Waals surface area contributed by atoms with Gasteiger partial charge in [-0.25, -0.2) is 0 Å². The maximum atomic E-state index is 10.8. The fraction of sp³-hybridized carbons (Fsp3) is 0.500. The summed E-state index contributed by atoms with van der Waals surface area (Å²) in [6.07, 6.45) is 0.175. The molecule has 0 unspecified atom stereocenters. The van der Waals surface area contributed by atoms with E-state index in [1.165, 1.54) is 18.4 Å². The van der Waals surface area contributed by atoms with E-state index in [-0.39, 0.29) is 12.4 Å². The van der Waals surface area contributed by atoms with Crippen molar-refractivity contribution in [3.63, 3.8) is 0 Å². The molecule has 0 aromatic carbocycles. The standard InChI is InChI=1S/C6H9N3O2S/c1-11-6(10)2-4-8-9-5(3-7)12-4/h2-3,7H2,1H3. The van der Waals surface area contributed by atoms with Crippen molar-refractivity contribution >= 4 is 17.3 Å². The number of nitrogens with zero attached hydrogens (tertiary/aromatic N) is 2. The Balaban J connectivity index is 2.58. The summed E-state index contributed by atoms with van der Waals surface area (Å²) in [5.74, 6) is -0.310. The molecule has 6 heteroatoms. The Morgan fingerprint density at radius 3 is 2.75 bits per heavy atom. The number of hydrogen-bond acceptors (Lipinski definition) is 6. The second-order valence-corrected chi connectivity index (χ2v) is 3.19. The van der Waals surface area contributed by atoms with Gasteiger partial charge in [-0.2, -0.15) is 0 Å². The summed E-state index contributed by atoms with van der Waals surface area (Å²) in [6, 6.07) is 0. The zero-order valence-electron chi connectivity index (χ0n) is 6.61. The lowest BCUT2D eigenvalue weighted by molar-refractivity contribution is -0.139. The zero-order valence-corrected chi connectivity index (χ0v) is 7.43. The Kier molecular flexibility index (Phi) is 3.12. The number of carbonyl (C=O) groups excluding carboxylic acids is 1. The van der Waals surface area contributed by atoms with Crippen LogP contribution in [0.3, 0.4) is 0 Å². The van der Waals surface area contributed by atoms with Gasteiger partial charge >= 0.3 is 5.97 Å². The third-order valence-corrected chi connectivity index (χ3v) is 2.15. The van der Waals surface area contributed by atoms with Crippen LogP contribution in [0.1, 0.15) is 10.0 Å². The molecule has 0 saturated heterocycles. The molecule has 0 aliphatic heterocycles. The molecule has 0 fully saturated rings. The Morgan fingerprint density at radius 2 is 2.25 bits per heavy atom. The number of aromatic nitrogens is 2. The van der Waals surface area contributed by atoms with Crippen LogP contribution in [0.15, 0.2) is 0 Å². The highest BCUT2D eigenvalue weighted by molar-refractivity contribution is 7.11. The van der Waals surface area contributed by atoms with Crippen molar-refractivity contribution in [2.75, 3.05) is 7.11 Å². The van der Waals surface area contributed by atoms with Gasteiger partial charge in [-0.05, 0) is 0 Å². The Labute approximate surface area is 73.6 Å². The fourth-order valence-electron chi connectivity index (χ4n) is 0.638. The zero-order chi connectivity index (χ0) is 8.97. The first kappa shape index (κ1) is 9.08. The van der Waals surface area contributed by atoms with Crippen molar-refractivity contribution in [3.05, 3.63) is 10.0 Å². The van der Waals surface area contributed by atoms with Gasteiger partial charge in [-0.15, -0.1) is 10.2 Å². The van der Waals surface area contributed by atoms with Crippen molar-refractivity contribution in [1.29, 1.82) is 0 Å². The maximum absolute atomic E-state index is 10.8. The van der Waals surface area contributed by atoms with Crippen LogP contribution in [0.25, 0.3) is 0 Å². The lowest BCUT2D eigenvalue weighted by Crippen LogP contribution is -2.03. The summed E-state index contributed by atoms with van der Waals surface area (Å²) in [5.41, 5.74) is 5.32. The van der Waals surface area contributed by atoms with Crippen LogP contribution in [-0.4, -0.2) is 23.3 Å². The van der Waals surface area contributed by atoms with Crippen LogP contribution in [0.2, 0.25) is 0 Å². The SMILES string of the molecule is COC(=O)Cc1nnc(CN)s1. The molecule has 0 spiro atoms. The second kappa shape index (κ2) is 4.13. The molecule has 1 rings (SSSR count). The number of hydrogen-bond donors (Lipinski definition) is 1. The number of ether oxygens (including phenoxy) is 1. The Morgan fingerprint density at radius 1 is 1.58 bits per heavy atom. The fourth-order valence-corrected chi connectivity index (χ4v) is 1.35. The van der Waals surface area contributed by atoms with E-state index in [9.17, 15) is 4.79 Å². The van der Waals surface area contributed by atoms with Crippen LogP contribution >= 0.6 is 11.3 Å². The summed E-state index contributed by atoms with van der Waals surface area (Å²) >= 11 is 1.33. The number of nitrogens with two attached hydrogens (primary N) is 1. The molecule has 1 aromatic heterocycles. The molecule has 1 heterocycles. The highest BCUT2D eigenvalue weighted by Crippen LogP contribution is 2.09. The van der Waals surface area contributed by atoms with Gasteiger partial charge in [0, 0.05) is 6.54 Å². The molecule has 2 N–H and O–H groups in total. The van der Waals surface area contributed by atoms with Crippen molar-refractivity contribution in [3.8, 4) is 0 Å². The molecule has 0 atom stereocenters. The van der Waals surface area contributed by atoms with Gasteiger partial charge in [0.05, 0.1) is 13.5 Å². The monoisotopic (exact) mass is 187 g/mol. The van der Waals surface area contributed by atoms with E-state index in [2.05, 4.69) is 14.9 Å². The first-order valence-electron chi connectivity index (χ1n) is 3.34. The predicted molar refractivity (Wildman–Crippen MR) is 43.5 cm³/mol. The predicted octanol–water partition coefficient (Wildman–Crippen LogP) is -0.288. The van der Waals surface area contributed by atoms with E-state index in [1.807, 2.05) is 0 Å². The molecular weight excluding hydrogens is 178 g/mol. The lowest BCUT2D eigenvalue weighted by Gasteiger charge is -1.91. The van der Waals surface area contributed by atoms with Crippen LogP contribution in [0.4, 0.5) is 0 Å². The van der Waals surface area contributed by atoms with Crippen LogP contribution < -0.4 is 5.73 Å². The molecule has 5 nitrogen and oxygen atoms in total.